The van der Waals surface area contributed by atoms with Crippen LogP contribution in [0.4, 0.5) is 0 Å². The largest absolute Gasteiger partial charge is 0.326 e. The highest BCUT2D eigenvalue weighted by Crippen LogP contribution is 2.28. The molecule has 3 heteroatoms. The molecule has 2 atom stereocenters. The van der Waals surface area contributed by atoms with Crippen molar-refractivity contribution in [3.8, 4) is 0 Å². The van der Waals surface area contributed by atoms with Gasteiger partial charge < -0.3 is 5.73 Å². The minimum absolute atomic E-state index is 0. The van der Waals surface area contributed by atoms with Gasteiger partial charge in [-0.15, -0.1) is 12.4 Å². The zero-order valence-corrected chi connectivity index (χ0v) is 14.1. The van der Waals surface area contributed by atoms with E-state index in [4.69, 9.17) is 5.73 Å². The summed E-state index contributed by atoms with van der Waals surface area (Å²) in [4.78, 5) is 2.50. The van der Waals surface area contributed by atoms with Crippen LogP contribution in [-0.2, 0) is 6.54 Å². The predicted molar refractivity (Wildman–Crippen MR) is 95.6 cm³/mol. The fourth-order valence-corrected chi connectivity index (χ4v) is 3.42. The molecule has 2 aromatic rings. The first-order chi connectivity index (χ1) is 10.1. The van der Waals surface area contributed by atoms with Crippen LogP contribution in [0.5, 0.6) is 0 Å². The van der Waals surface area contributed by atoms with Gasteiger partial charge in [0.2, 0.25) is 0 Å². The van der Waals surface area contributed by atoms with Crippen molar-refractivity contribution in [3.63, 3.8) is 0 Å². The summed E-state index contributed by atoms with van der Waals surface area (Å²) in [7, 11) is 0. The maximum absolute atomic E-state index is 6.39. The maximum atomic E-state index is 6.39. The topological polar surface area (TPSA) is 29.3 Å². The SMILES string of the molecule is Cc1cccc(C)c1CN1C[C@@H](N)[C@H](c2ccccc2)C1.Cl. The average molecular weight is 317 g/mol. The van der Waals surface area contributed by atoms with E-state index in [1.54, 1.807) is 0 Å². The molecule has 0 saturated carbocycles. The molecule has 2 nitrogen and oxygen atoms in total. The Kier molecular flexibility index (Phi) is 5.63. The number of nitrogens with zero attached hydrogens (tertiary/aromatic N) is 1. The minimum atomic E-state index is 0. The third-order valence-corrected chi connectivity index (χ3v) is 4.69. The summed E-state index contributed by atoms with van der Waals surface area (Å²) in [6, 6.07) is 17.5. The van der Waals surface area contributed by atoms with E-state index in [1.807, 2.05) is 0 Å². The second-order valence-electron chi connectivity index (χ2n) is 6.25. The molecule has 2 aromatic carbocycles. The maximum Gasteiger partial charge on any atom is 0.0250 e. The van der Waals surface area contributed by atoms with Gasteiger partial charge in [-0.25, -0.2) is 0 Å². The minimum Gasteiger partial charge on any atom is -0.326 e. The summed E-state index contributed by atoms with van der Waals surface area (Å²) in [5, 5.41) is 0. The molecule has 118 valence electrons. The van der Waals surface area contributed by atoms with Crippen LogP contribution in [0.25, 0.3) is 0 Å². The highest BCUT2D eigenvalue weighted by molar-refractivity contribution is 5.85. The van der Waals surface area contributed by atoms with Gasteiger partial charge in [-0.3, -0.25) is 4.90 Å². The van der Waals surface area contributed by atoms with Crippen molar-refractivity contribution >= 4 is 12.4 Å². The molecule has 1 aliphatic rings. The van der Waals surface area contributed by atoms with Crippen molar-refractivity contribution in [1.29, 1.82) is 0 Å². The number of aryl methyl sites for hydroxylation is 2. The first-order valence-electron chi connectivity index (χ1n) is 7.73. The molecular formula is C19H25ClN2. The van der Waals surface area contributed by atoms with Crippen molar-refractivity contribution in [2.75, 3.05) is 13.1 Å². The molecule has 1 heterocycles. The van der Waals surface area contributed by atoms with Gasteiger partial charge in [-0.2, -0.15) is 0 Å². The molecular weight excluding hydrogens is 292 g/mol. The van der Waals surface area contributed by atoms with E-state index in [0.29, 0.717) is 5.92 Å². The van der Waals surface area contributed by atoms with Crippen molar-refractivity contribution < 1.29 is 0 Å². The van der Waals surface area contributed by atoms with Crippen LogP contribution in [0.1, 0.15) is 28.2 Å². The number of hydrogen-bond donors (Lipinski definition) is 1. The number of hydrogen-bond acceptors (Lipinski definition) is 2. The highest BCUT2D eigenvalue weighted by Gasteiger charge is 2.31. The van der Waals surface area contributed by atoms with Gasteiger partial charge in [-0.1, -0.05) is 48.5 Å². The first kappa shape index (κ1) is 17.0. The van der Waals surface area contributed by atoms with Crippen LogP contribution in [0.3, 0.4) is 0 Å². The summed E-state index contributed by atoms with van der Waals surface area (Å²) < 4.78 is 0. The Morgan fingerprint density at radius 2 is 1.59 bits per heavy atom. The van der Waals surface area contributed by atoms with Gasteiger partial charge in [0.15, 0.2) is 0 Å². The molecule has 0 aliphatic carbocycles. The van der Waals surface area contributed by atoms with Gasteiger partial charge in [0.1, 0.15) is 0 Å². The molecule has 0 unspecified atom stereocenters. The van der Waals surface area contributed by atoms with Gasteiger partial charge in [0.25, 0.3) is 0 Å². The second kappa shape index (κ2) is 7.28. The van der Waals surface area contributed by atoms with Crippen molar-refractivity contribution in [2.45, 2.75) is 32.4 Å². The Labute approximate surface area is 139 Å². The fraction of sp³-hybridized carbons (Fsp3) is 0.368. The molecule has 1 aliphatic heterocycles. The molecule has 0 bridgehead atoms. The molecule has 3 rings (SSSR count). The second-order valence-corrected chi connectivity index (χ2v) is 6.25. The number of rotatable bonds is 3. The monoisotopic (exact) mass is 316 g/mol. The predicted octanol–water partition coefficient (Wildman–Crippen LogP) is 3.65. The van der Waals surface area contributed by atoms with Crippen LogP contribution in [0.2, 0.25) is 0 Å². The molecule has 2 N–H and O–H groups in total. The molecule has 0 radical (unpaired) electrons. The van der Waals surface area contributed by atoms with Crippen LogP contribution >= 0.6 is 12.4 Å². The van der Waals surface area contributed by atoms with E-state index in [-0.39, 0.29) is 18.4 Å². The van der Waals surface area contributed by atoms with Crippen LogP contribution in [0.15, 0.2) is 48.5 Å². The van der Waals surface area contributed by atoms with E-state index in [1.165, 1.54) is 22.3 Å². The molecule has 0 spiro atoms. The van der Waals surface area contributed by atoms with E-state index in [0.717, 1.165) is 19.6 Å². The van der Waals surface area contributed by atoms with E-state index >= 15 is 0 Å². The number of benzene rings is 2. The summed E-state index contributed by atoms with van der Waals surface area (Å²) >= 11 is 0. The van der Waals surface area contributed by atoms with Crippen LogP contribution in [-0.4, -0.2) is 24.0 Å². The Bertz CT molecular complexity index is 592. The normalized spacial score (nSPS) is 21.6. The lowest BCUT2D eigenvalue weighted by atomic mass is 9.95. The zero-order chi connectivity index (χ0) is 14.8. The van der Waals surface area contributed by atoms with Crippen molar-refractivity contribution in [3.05, 3.63) is 70.8 Å². The Morgan fingerprint density at radius 3 is 2.23 bits per heavy atom. The standard InChI is InChI=1S/C19H24N2.ClH/c1-14-7-6-8-15(2)17(14)11-21-12-18(19(20)13-21)16-9-4-3-5-10-16;/h3-10,18-19H,11-13,20H2,1-2H3;1H/t18-,19+;/m0./s1. The molecule has 1 fully saturated rings. The third-order valence-electron chi connectivity index (χ3n) is 4.69. The summed E-state index contributed by atoms with van der Waals surface area (Å²) in [5.74, 6) is 0.454. The van der Waals surface area contributed by atoms with Crippen LogP contribution < -0.4 is 5.73 Å². The lowest BCUT2D eigenvalue weighted by Crippen LogP contribution is -2.28. The molecule has 1 saturated heterocycles. The summed E-state index contributed by atoms with van der Waals surface area (Å²) in [6.07, 6.45) is 0. The van der Waals surface area contributed by atoms with Gasteiger partial charge >= 0.3 is 0 Å². The quantitative estimate of drug-likeness (QED) is 0.936. The van der Waals surface area contributed by atoms with Gasteiger partial charge in [0, 0.05) is 31.6 Å². The lowest BCUT2D eigenvalue weighted by Gasteiger charge is -2.19. The van der Waals surface area contributed by atoms with Gasteiger partial charge in [0.05, 0.1) is 0 Å². The van der Waals surface area contributed by atoms with E-state index in [2.05, 4.69) is 67.3 Å². The first-order valence-corrected chi connectivity index (χ1v) is 7.73. The molecule has 0 aromatic heterocycles. The van der Waals surface area contributed by atoms with E-state index < -0.39 is 0 Å². The number of nitrogens with two attached hydrogens (primary N) is 1. The van der Waals surface area contributed by atoms with Crippen molar-refractivity contribution in [2.24, 2.45) is 5.73 Å². The molecule has 0 amide bonds. The smallest absolute Gasteiger partial charge is 0.0250 e. The van der Waals surface area contributed by atoms with Gasteiger partial charge in [-0.05, 0) is 36.1 Å². The number of halogens is 1. The zero-order valence-electron chi connectivity index (χ0n) is 13.3. The van der Waals surface area contributed by atoms with Crippen LogP contribution in [0, 0.1) is 13.8 Å². The Morgan fingerprint density at radius 1 is 0.955 bits per heavy atom. The lowest BCUT2D eigenvalue weighted by molar-refractivity contribution is 0.322. The Hall–Kier alpha value is -1.35. The third kappa shape index (κ3) is 3.52. The van der Waals surface area contributed by atoms with E-state index in [9.17, 15) is 0 Å². The number of likely N-dealkylation sites (tertiary alicyclic amines) is 1. The fourth-order valence-electron chi connectivity index (χ4n) is 3.42. The summed E-state index contributed by atoms with van der Waals surface area (Å²) in [5.41, 5.74) is 12.0. The summed E-state index contributed by atoms with van der Waals surface area (Å²) in [6.45, 7) is 7.45. The Balaban J connectivity index is 0.00000176. The molecule has 22 heavy (non-hydrogen) atoms. The highest BCUT2D eigenvalue weighted by atomic mass is 35.5. The van der Waals surface area contributed by atoms with Crippen molar-refractivity contribution in [1.82, 2.24) is 4.90 Å². The average Bonchev–Trinajstić information content (AvgIpc) is 2.85.